The van der Waals surface area contributed by atoms with Crippen LogP contribution in [0.25, 0.3) is 5.69 Å². The number of aromatic nitrogens is 3. The zero-order valence-electron chi connectivity index (χ0n) is 13.4. The van der Waals surface area contributed by atoms with Crippen molar-refractivity contribution in [3.63, 3.8) is 0 Å². The Balaban J connectivity index is 2.29. The summed E-state index contributed by atoms with van der Waals surface area (Å²) >= 11 is 0. The second kappa shape index (κ2) is 7.04. The van der Waals surface area contributed by atoms with Crippen LogP contribution >= 0.6 is 0 Å². The fourth-order valence-electron chi connectivity index (χ4n) is 2.16. The van der Waals surface area contributed by atoms with Gasteiger partial charge in [-0.15, -0.1) is 5.10 Å². The van der Waals surface area contributed by atoms with E-state index in [4.69, 9.17) is 5.11 Å². The third kappa shape index (κ3) is 3.74. The number of rotatable bonds is 6. The Morgan fingerprint density at radius 3 is 2.43 bits per heavy atom. The van der Waals surface area contributed by atoms with Crippen molar-refractivity contribution in [1.29, 1.82) is 0 Å². The number of hydrogen-bond acceptors (Lipinski definition) is 4. The zero-order valence-corrected chi connectivity index (χ0v) is 13.4. The Morgan fingerprint density at radius 1 is 1.26 bits per heavy atom. The molecule has 1 aromatic carbocycles. The molecule has 1 heterocycles. The molecule has 2 aromatic rings. The van der Waals surface area contributed by atoms with E-state index in [1.165, 1.54) is 0 Å². The summed E-state index contributed by atoms with van der Waals surface area (Å²) in [6.07, 6.45) is 0.599. The van der Waals surface area contributed by atoms with Gasteiger partial charge in [-0.25, -0.2) is 14.5 Å². The van der Waals surface area contributed by atoms with Crippen molar-refractivity contribution in [2.45, 2.75) is 33.2 Å². The van der Waals surface area contributed by atoms with Gasteiger partial charge in [0.05, 0.1) is 5.69 Å². The standard InChI is InChI=1S/C16H20N4O3/c1-4-12-17-14(15(21)18-13(10(2)3)16(22)23)19-20(12)11-8-6-5-7-9-11/h5-10,13H,4H2,1-3H3,(H,18,21)(H,22,23)/t13-/m0/s1. The summed E-state index contributed by atoms with van der Waals surface area (Å²) in [6, 6.07) is 8.38. The molecule has 23 heavy (non-hydrogen) atoms. The summed E-state index contributed by atoms with van der Waals surface area (Å²) in [6.45, 7) is 5.37. The number of carboxylic acid groups (broad SMARTS) is 1. The molecule has 2 rings (SSSR count). The molecular formula is C16H20N4O3. The molecule has 0 spiro atoms. The van der Waals surface area contributed by atoms with Crippen LogP contribution in [0.2, 0.25) is 0 Å². The van der Waals surface area contributed by atoms with E-state index >= 15 is 0 Å². The lowest BCUT2D eigenvalue weighted by atomic mass is 10.1. The Morgan fingerprint density at radius 2 is 1.91 bits per heavy atom. The van der Waals surface area contributed by atoms with Gasteiger partial charge in [-0.3, -0.25) is 4.79 Å². The number of carboxylic acids is 1. The van der Waals surface area contributed by atoms with Gasteiger partial charge >= 0.3 is 5.97 Å². The molecule has 1 aromatic heterocycles. The maximum atomic E-state index is 12.3. The third-order valence-electron chi connectivity index (χ3n) is 3.41. The van der Waals surface area contributed by atoms with Crippen LogP contribution < -0.4 is 5.32 Å². The summed E-state index contributed by atoms with van der Waals surface area (Å²) < 4.78 is 1.60. The minimum Gasteiger partial charge on any atom is -0.480 e. The van der Waals surface area contributed by atoms with Crippen LogP contribution in [0.3, 0.4) is 0 Å². The monoisotopic (exact) mass is 316 g/mol. The highest BCUT2D eigenvalue weighted by Gasteiger charge is 2.26. The highest BCUT2D eigenvalue weighted by molar-refractivity contribution is 5.93. The predicted molar refractivity (Wildman–Crippen MR) is 84.5 cm³/mol. The molecule has 0 saturated carbocycles. The molecule has 2 N–H and O–H groups in total. The molecule has 0 fully saturated rings. The van der Waals surface area contributed by atoms with Crippen LogP contribution in [0.1, 0.15) is 37.2 Å². The Labute approximate surface area is 134 Å². The molecule has 1 amide bonds. The van der Waals surface area contributed by atoms with E-state index < -0.39 is 17.9 Å². The lowest BCUT2D eigenvalue weighted by molar-refractivity contribution is -0.140. The molecule has 0 radical (unpaired) electrons. The van der Waals surface area contributed by atoms with Crippen molar-refractivity contribution in [2.24, 2.45) is 5.92 Å². The van der Waals surface area contributed by atoms with Gasteiger partial charge < -0.3 is 10.4 Å². The number of carbonyl (C=O) groups is 2. The minimum atomic E-state index is -1.08. The van der Waals surface area contributed by atoms with Gasteiger partial charge in [-0.05, 0) is 18.1 Å². The van der Waals surface area contributed by atoms with Gasteiger partial charge in [0, 0.05) is 6.42 Å². The first-order valence-electron chi connectivity index (χ1n) is 7.49. The quantitative estimate of drug-likeness (QED) is 0.845. The van der Waals surface area contributed by atoms with Crippen LogP contribution in [-0.4, -0.2) is 37.8 Å². The minimum absolute atomic E-state index is 0.0300. The smallest absolute Gasteiger partial charge is 0.326 e. The number of aryl methyl sites for hydroxylation is 1. The number of carbonyl (C=O) groups excluding carboxylic acids is 1. The highest BCUT2D eigenvalue weighted by atomic mass is 16.4. The molecule has 0 aliphatic carbocycles. The molecule has 122 valence electrons. The largest absolute Gasteiger partial charge is 0.480 e. The van der Waals surface area contributed by atoms with Crippen LogP contribution in [0, 0.1) is 5.92 Å². The van der Waals surface area contributed by atoms with Crippen LogP contribution in [0.5, 0.6) is 0 Å². The number of para-hydroxylation sites is 1. The number of benzene rings is 1. The number of nitrogens with one attached hydrogen (secondary N) is 1. The third-order valence-corrected chi connectivity index (χ3v) is 3.41. The van der Waals surface area contributed by atoms with Gasteiger partial charge in [0.25, 0.3) is 5.91 Å². The highest BCUT2D eigenvalue weighted by Crippen LogP contribution is 2.11. The molecule has 0 aliphatic heterocycles. The van der Waals surface area contributed by atoms with Crippen LogP contribution in [0.4, 0.5) is 0 Å². The van der Waals surface area contributed by atoms with Gasteiger partial charge in [-0.2, -0.15) is 0 Å². The summed E-state index contributed by atoms with van der Waals surface area (Å²) in [5.41, 5.74) is 0.801. The van der Waals surface area contributed by atoms with E-state index in [0.29, 0.717) is 12.2 Å². The van der Waals surface area contributed by atoms with Gasteiger partial charge in [0.2, 0.25) is 5.82 Å². The number of hydrogen-bond donors (Lipinski definition) is 2. The second-order valence-electron chi connectivity index (χ2n) is 5.49. The first-order chi connectivity index (χ1) is 10.9. The maximum absolute atomic E-state index is 12.3. The van der Waals surface area contributed by atoms with Crippen molar-refractivity contribution in [1.82, 2.24) is 20.1 Å². The normalized spacial score (nSPS) is 12.2. The molecule has 7 heteroatoms. The average molecular weight is 316 g/mol. The predicted octanol–water partition coefficient (Wildman–Crippen LogP) is 1.67. The first-order valence-corrected chi connectivity index (χ1v) is 7.49. The fourth-order valence-corrected chi connectivity index (χ4v) is 2.16. The molecule has 0 aliphatic rings. The Bertz CT molecular complexity index is 695. The average Bonchev–Trinajstić information content (AvgIpc) is 2.97. The van der Waals surface area contributed by atoms with Gasteiger partial charge in [0.15, 0.2) is 0 Å². The SMILES string of the molecule is CCc1nc(C(=O)N[C@H](C(=O)O)C(C)C)nn1-c1ccccc1. The molecule has 0 saturated heterocycles. The maximum Gasteiger partial charge on any atom is 0.326 e. The molecule has 1 atom stereocenters. The van der Waals surface area contributed by atoms with E-state index in [1.54, 1.807) is 18.5 Å². The van der Waals surface area contributed by atoms with Crippen molar-refractivity contribution >= 4 is 11.9 Å². The van der Waals surface area contributed by atoms with Crippen molar-refractivity contribution in [3.8, 4) is 5.69 Å². The molecule has 0 bridgehead atoms. The lowest BCUT2D eigenvalue weighted by Gasteiger charge is -2.16. The van der Waals surface area contributed by atoms with Crippen molar-refractivity contribution in [2.75, 3.05) is 0 Å². The number of aliphatic carboxylic acids is 1. The van der Waals surface area contributed by atoms with E-state index in [0.717, 1.165) is 5.69 Å². The van der Waals surface area contributed by atoms with Gasteiger partial charge in [-0.1, -0.05) is 39.0 Å². The second-order valence-corrected chi connectivity index (χ2v) is 5.49. The summed E-state index contributed by atoms with van der Waals surface area (Å²) in [5.74, 6) is -1.30. The van der Waals surface area contributed by atoms with E-state index in [1.807, 2.05) is 37.3 Å². The van der Waals surface area contributed by atoms with Crippen molar-refractivity contribution in [3.05, 3.63) is 42.0 Å². The van der Waals surface area contributed by atoms with Gasteiger partial charge in [0.1, 0.15) is 11.9 Å². The lowest BCUT2D eigenvalue weighted by Crippen LogP contribution is -2.44. The summed E-state index contributed by atoms with van der Waals surface area (Å²) in [7, 11) is 0. The number of nitrogens with zero attached hydrogens (tertiary/aromatic N) is 3. The van der Waals surface area contributed by atoms with E-state index in [9.17, 15) is 9.59 Å². The zero-order chi connectivity index (χ0) is 17.0. The fraction of sp³-hybridized carbons (Fsp3) is 0.375. The topological polar surface area (TPSA) is 97.1 Å². The Hall–Kier alpha value is -2.70. The first kappa shape index (κ1) is 16.7. The van der Waals surface area contributed by atoms with Crippen LogP contribution in [0.15, 0.2) is 30.3 Å². The van der Waals surface area contributed by atoms with Crippen LogP contribution in [-0.2, 0) is 11.2 Å². The summed E-state index contributed by atoms with van der Waals surface area (Å²) in [4.78, 5) is 27.7. The Kier molecular flexibility index (Phi) is 5.10. The summed E-state index contributed by atoms with van der Waals surface area (Å²) in [5, 5.41) is 15.9. The van der Waals surface area contributed by atoms with Crippen molar-refractivity contribution < 1.29 is 14.7 Å². The molecule has 7 nitrogen and oxygen atoms in total. The molecule has 0 unspecified atom stereocenters. The number of amides is 1. The van der Waals surface area contributed by atoms with E-state index in [2.05, 4.69) is 15.4 Å². The van der Waals surface area contributed by atoms with E-state index in [-0.39, 0.29) is 11.7 Å². The molecular weight excluding hydrogens is 296 g/mol.